The second kappa shape index (κ2) is 8.29. The largest absolute Gasteiger partial charge is 0.481 e. The van der Waals surface area contributed by atoms with Crippen molar-refractivity contribution in [1.29, 1.82) is 0 Å². The molecule has 170 valence electrons. The smallest absolute Gasteiger partial charge is 0.408 e. The van der Waals surface area contributed by atoms with Crippen molar-refractivity contribution < 1.29 is 31.5 Å². The molecule has 0 unspecified atom stereocenters. The quantitative estimate of drug-likeness (QED) is 0.605. The molecule has 1 fully saturated rings. The summed E-state index contributed by atoms with van der Waals surface area (Å²) < 4.78 is 61.8. The summed E-state index contributed by atoms with van der Waals surface area (Å²) in [5, 5.41) is 13.8. The highest BCUT2D eigenvalue weighted by Crippen LogP contribution is 2.49. The van der Waals surface area contributed by atoms with Crippen molar-refractivity contribution in [3.05, 3.63) is 36.2 Å². The number of alkyl halides is 5. The van der Waals surface area contributed by atoms with Crippen LogP contribution in [0.1, 0.15) is 30.9 Å². The van der Waals surface area contributed by atoms with Gasteiger partial charge < -0.3 is 5.11 Å². The zero-order valence-corrected chi connectivity index (χ0v) is 18.6. The van der Waals surface area contributed by atoms with Gasteiger partial charge in [-0.15, -0.1) is 23.2 Å². The molecule has 0 radical (unpaired) electrons. The van der Waals surface area contributed by atoms with E-state index < -0.39 is 44.7 Å². The Morgan fingerprint density at radius 3 is 2.42 bits per heavy atom. The molecule has 2 aromatic rings. The summed E-state index contributed by atoms with van der Waals surface area (Å²) in [6.07, 6.45) is -1.89. The van der Waals surface area contributed by atoms with Crippen molar-refractivity contribution in [2.75, 3.05) is 6.26 Å². The van der Waals surface area contributed by atoms with E-state index in [4.69, 9.17) is 23.2 Å². The molecule has 0 saturated heterocycles. The highest BCUT2D eigenvalue weighted by molar-refractivity contribution is 7.90. The zero-order valence-electron chi connectivity index (χ0n) is 16.2. The Labute approximate surface area is 186 Å². The second-order valence-corrected chi connectivity index (χ2v) is 11.3. The van der Waals surface area contributed by atoms with Crippen LogP contribution >= 0.6 is 23.2 Å². The van der Waals surface area contributed by atoms with Crippen molar-refractivity contribution in [3.8, 4) is 11.1 Å². The number of hydrogen-bond acceptors (Lipinski definition) is 4. The summed E-state index contributed by atoms with van der Waals surface area (Å²) >= 11 is 12.3. The number of rotatable bonds is 5. The van der Waals surface area contributed by atoms with E-state index in [1.54, 1.807) is 0 Å². The Hall–Kier alpha value is -1.78. The standard InChI is InChI=1S/C19H19Cl2F3N2O4S/c1-31(29,30)12-4-2-11(3-5-12)15-9-26(10-19(22,23)24)25-16(15)13-6-7-18(20,21)8-14(13)17(27)28/h2-5,9,13-14H,6-8,10H2,1H3,(H,27,28)/t13-,14-/m1/s1. The third-order valence-corrected chi connectivity index (χ3v) is 7.03. The lowest BCUT2D eigenvalue weighted by Crippen LogP contribution is -2.35. The molecule has 1 saturated carbocycles. The molecule has 1 aliphatic rings. The van der Waals surface area contributed by atoms with Gasteiger partial charge in [-0.05, 0) is 37.0 Å². The van der Waals surface area contributed by atoms with Crippen molar-refractivity contribution in [2.24, 2.45) is 5.92 Å². The number of carboxylic acid groups (broad SMARTS) is 1. The topological polar surface area (TPSA) is 89.3 Å². The average Bonchev–Trinajstić information content (AvgIpc) is 3.02. The van der Waals surface area contributed by atoms with Gasteiger partial charge in [-0.1, -0.05) is 12.1 Å². The monoisotopic (exact) mass is 498 g/mol. The zero-order chi connectivity index (χ0) is 23.2. The van der Waals surface area contributed by atoms with Crippen LogP contribution in [0.5, 0.6) is 0 Å². The van der Waals surface area contributed by atoms with Gasteiger partial charge >= 0.3 is 12.1 Å². The van der Waals surface area contributed by atoms with Crippen LogP contribution in [0, 0.1) is 5.92 Å². The van der Waals surface area contributed by atoms with Gasteiger partial charge in [-0.2, -0.15) is 18.3 Å². The first-order valence-corrected chi connectivity index (χ1v) is 11.9. The summed E-state index contributed by atoms with van der Waals surface area (Å²) in [6, 6.07) is 5.60. The van der Waals surface area contributed by atoms with Crippen molar-refractivity contribution in [3.63, 3.8) is 0 Å². The molecule has 2 atom stereocenters. The Morgan fingerprint density at radius 2 is 1.90 bits per heavy atom. The number of hydrogen-bond donors (Lipinski definition) is 1. The number of aliphatic carboxylic acids is 1. The fourth-order valence-corrected chi connectivity index (χ4v) is 4.98. The Kier molecular flexibility index (Phi) is 6.38. The van der Waals surface area contributed by atoms with Crippen LogP contribution in [0.2, 0.25) is 0 Å². The highest BCUT2D eigenvalue weighted by atomic mass is 35.5. The number of carboxylic acids is 1. The van der Waals surface area contributed by atoms with Gasteiger partial charge in [0.05, 0.1) is 16.5 Å². The van der Waals surface area contributed by atoms with E-state index in [1.165, 1.54) is 30.5 Å². The molecular formula is C19H19Cl2F3N2O4S. The first kappa shape index (κ1) is 23.9. The molecule has 12 heteroatoms. The molecule has 0 aliphatic heterocycles. The summed E-state index contributed by atoms with van der Waals surface area (Å²) in [4.78, 5) is 11.9. The van der Waals surface area contributed by atoms with Crippen molar-refractivity contribution in [1.82, 2.24) is 9.78 Å². The Balaban J connectivity index is 2.09. The van der Waals surface area contributed by atoms with E-state index in [-0.39, 0.29) is 29.9 Å². The number of nitrogens with zero attached hydrogens (tertiary/aromatic N) is 2. The number of aromatic nitrogens is 2. The minimum Gasteiger partial charge on any atom is -0.481 e. The van der Waals surface area contributed by atoms with Gasteiger partial charge in [0.25, 0.3) is 0 Å². The molecule has 6 nitrogen and oxygen atoms in total. The maximum atomic E-state index is 13.0. The second-order valence-electron chi connectivity index (χ2n) is 7.69. The first-order valence-electron chi connectivity index (χ1n) is 9.21. The highest BCUT2D eigenvalue weighted by Gasteiger charge is 2.44. The summed E-state index contributed by atoms with van der Waals surface area (Å²) in [5.41, 5.74) is 0.915. The van der Waals surface area contributed by atoms with Crippen LogP contribution in [0.15, 0.2) is 35.4 Å². The third kappa shape index (κ3) is 5.72. The van der Waals surface area contributed by atoms with Crippen LogP contribution in [0.25, 0.3) is 11.1 Å². The van der Waals surface area contributed by atoms with E-state index in [1.807, 2.05) is 0 Å². The predicted molar refractivity (Wildman–Crippen MR) is 109 cm³/mol. The molecule has 0 amide bonds. The fourth-order valence-electron chi connectivity index (χ4n) is 3.80. The van der Waals surface area contributed by atoms with E-state index in [2.05, 4.69) is 5.10 Å². The molecular weight excluding hydrogens is 480 g/mol. The minimum atomic E-state index is -4.53. The lowest BCUT2D eigenvalue weighted by Gasteiger charge is -2.35. The molecule has 1 N–H and O–H groups in total. The van der Waals surface area contributed by atoms with Crippen LogP contribution in [0.4, 0.5) is 13.2 Å². The molecule has 1 heterocycles. The van der Waals surface area contributed by atoms with E-state index in [0.717, 1.165) is 10.9 Å². The van der Waals surface area contributed by atoms with Gasteiger partial charge in [-0.3, -0.25) is 9.48 Å². The maximum absolute atomic E-state index is 13.0. The lowest BCUT2D eigenvalue weighted by molar-refractivity contribution is -0.144. The Bertz CT molecular complexity index is 1080. The normalized spacial score (nSPS) is 21.7. The van der Waals surface area contributed by atoms with Gasteiger partial charge in [0.2, 0.25) is 0 Å². The minimum absolute atomic E-state index is 0.0515. The lowest BCUT2D eigenvalue weighted by atomic mass is 9.75. The molecule has 1 aromatic heterocycles. The van der Waals surface area contributed by atoms with Gasteiger partial charge in [0.15, 0.2) is 9.84 Å². The van der Waals surface area contributed by atoms with Crippen LogP contribution < -0.4 is 0 Å². The SMILES string of the molecule is CS(=O)(=O)c1ccc(-c2cn(CC(F)(F)F)nc2[C@@H]2CCC(Cl)(Cl)C[C@H]2C(=O)O)cc1. The maximum Gasteiger partial charge on any atom is 0.408 e. The number of benzene rings is 1. The van der Waals surface area contributed by atoms with E-state index >= 15 is 0 Å². The summed E-state index contributed by atoms with van der Waals surface area (Å²) in [6.45, 7) is -1.35. The van der Waals surface area contributed by atoms with Crippen molar-refractivity contribution >= 4 is 39.0 Å². The van der Waals surface area contributed by atoms with E-state index in [0.29, 0.717) is 11.1 Å². The first-order chi connectivity index (χ1) is 14.2. The summed E-state index contributed by atoms with van der Waals surface area (Å²) in [5.74, 6) is -2.91. The molecule has 0 bridgehead atoms. The van der Waals surface area contributed by atoms with Crippen LogP contribution in [-0.2, 0) is 21.2 Å². The third-order valence-electron chi connectivity index (χ3n) is 5.22. The molecule has 1 aliphatic carbocycles. The van der Waals surface area contributed by atoms with Gasteiger partial charge in [0.1, 0.15) is 10.9 Å². The summed E-state index contributed by atoms with van der Waals surface area (Å²) in [7, 11) is -3.46. The molecule has 1 aromatic carbocycles. The predicted octanol–water partition coefficient (Wildman–Crippen LogP) is 4.66. The molecule has 31 heavy (non-hydrogen) atoms. The van der Waals surface area contributed by atoms with E-state index in [9.17, 15) is 31.5 Å². The Morgan fingerprint density at radius 1 is 1.29 bits per heavy atom. The number of halogens is 5. The van der Waals surface area contributed by atoms with Crippen molar-refractivity contribution in [2.45, 2.75) is 47.1 Å². The average molecular weight is 499 g/mol. The van der Waals surface area contributed by atoms with Crippen LogP contribution in [-0.4, -0.2) is 46.0 Å². The number of sulfone groups is 1. The molecule has 0 spiro atoms. The molecule has 3 rings (SSSR count). The number of carbonyl (C=O) groups is 1. The fraction of sp³-hybridized carbons (Fsp3) is 0.474. The van der Waals surface area contributed by atoms with Gasteiger partial charge in [0, 0.05) is 23.9 Å². The van der Waals surface area contributed by atoms with Gasteiger partial charge in [-0.25, -0.2) is 8.42 Å². The van der Waals surface area contributed by atoms with Crippen LogP contribution in [0.3, 0.4) is 0 Å².